The van der Waals surface area contributed by atoms with Gasteiger partial charge in [-0.2, -0.15) is 0 Å². The number of fused-ring (bicyclic) bond motifs is 1. The quantitative estimate of drug-likeness (QED) is 0.931. The minimum Gasteiger partial charge on any atom is -0.496 e. The van der Waals surface area contributed by atoms with Crippen molar-refractivity contribution in [1.82, 2.24) is 5.32 Å². The molecule has 1 aliphatic rings. The number of para-hydroxylation sites is 3. The van der Waals surface area contributed by atoms with E-state index in [9.17, 15) is 9.59 Å². The summed E-state index contributed by atoms with van der Waals surface area (Å²) >= 11 is 0. The number of nitrogens with one attached hydrogen (secondary N) is 1. The van der Waals surface area contributed by atoms with Crippen molar-refractivity contribution in [2.45, 2.75) is 6.10 Å². The monoisotopic (exact) mass is 326 g/mol. The molecule has 1 atom stereocenters. The van der Waals surface area contributed by atoms with Crippen molar-refractivity contribution in [3.63, 3.8) is 0 Å². The molecule has 3 rings (SSSR count). The van der Waals surface area contributed by atoms with E-state index in [2.05, 4.69) is 5.32 Å². The van der Waals surface area contributed by atoms with Gasteiger partial charge in [0.2, 0.25) is 0 Å². The number of carbonyl (C=O) groups excluding carboxylic acids is 2. The van der Waals surface area contributed by atoms with Gasteiger partial charge in [-0.1, -0.05) is 24.3 Å². The zero-order valence-corrected chi connectivity index (χ0v) is 13.5. The molecule has 24 heavy (non-hydrogen) atoms. The van der Waals surface area contributed by atoms with Gasteiger partial charge in [-0.15, -0.1) is 0 Å². The lowest BCUT2D eigenvalue weighted by Crippen LogP contribution is -2.49. The summed E-state index contributed by atoms with van der Waals surface area (Å²) in [5, 5.41) is 2.73. The topological polar surface area (TPSA) is 67.9 Å². The third-order valence-corrected chi connectivity index (χ3v) is 3.90. The van der Waals surface area contributed by atoms with Crippen LogP contribution in [0.2, 0.25) is 0 Å². The van der Waals surface area contributed by atoms with Crippen molar-refractivity contribution in [3.8, 4) is 11.5 Å². The number of likely N-dealkylation sites (N-methyl/N-ethyl adjacent to an activating group) is 1. The second-order valence-corrected chi connectivity index (χ2v) is 5.38. The van der Waals surface area contributed by atoms with Gasteiger partial charge in [0.15, 0.2) is 6.10 Å². The minimum atomic E-state index is -0.761. The standard InChI is InChI=1S/C18H18N2O4/c1-20-13-8-4-6-10-15(13)24-16(18(20)22)11-19-17(21)12-7-3-5-9-14(12)23-2/h3-10,16H,11H2,1-2H3,(H,19,21). The van der Waals surface area contributed by atoms with E-state index >= 15 is 0 Å². The molecule has 6 heteroatoms. The van der Waals surface area contributed by atoms with Crippen molar-refractivity contribution in [2.75, 3.05) is 25.6 Å². The molecule has 0 saturated heterocycles. The average molecular weight is 326 g/mol. The molecule has 1 heterocycles. The number of rotatable bonds is 4. The molecule has 0 saturated carbocycles. The van der Waals surface area contributed by atoms with Crippen LogP contribution in [0.3, 0.4) is 0 Å². The molecule has 0 fully saturated rings. The predicted molar refractivity (Wildman–Crippen MR) is 89.6 cm³/mol. The molecule has 0 radical (unpaired) electrons. The van der Waals surface area contributed by atoms with Gasteiger partial charge in [-0.3, -0.25) is 9.59 Å². The lowest BCUT2D eigenvalue weighted by atomic mass is 10.1. The number of nitrogens with zero attached hydrogens (tertiary/aromatic N) is 1. The first kappa shape index (κ1) is 15.9. The molecule has 2 amide bonds. The van der Waals surface area contributed by atoms with Gasteiger partial charge >= 0.3 is 0 Å². The Hall–Kier alpha value is -3.02. The molecule has 1 aliphatic heterocycles. The Morgan fingerprint density at radius 3 is 2.71 bits per heavy atom. The summed E-state index contributed by atoms with van der Waals surface area (Å²) in [5.41, 5.74) is 1.13. The number of methoxy groups -OCH3 is 1. The number of benzene rings is 2. The van der Waals surface area contributed by atoms with Crippen LogP contribution in [0.1, 0.15) is 10.4 Å². The summed E-state index contributed by atoms with van der Waals surface area (Å²) in [6, 6.07) is 14.2. The second kappa shape index (κ2) is 6.62. The van der Waals surface area contributed by atoms with E-state index in [1.807, 2.05) is 18.2 Å². The number of amides is 2. The Kier molecular flexibility index (Phi) is 4.37. The molecule has 124 valence electrons. The van der Waals surface area contributed by atoms with E-state index < -0.39 is 6.10 Å². The van der Waals surface area contributed by atoms with E-state index in [0.717, 1.165) is 5.69 Å². The van der Waals surface area contributed by atoms with Gasteiger partial charge in [0, 0.05) is 7.05 Å². The van der Waals surface area contributed by atoms with Crippen molar-refractivity contribution >= 4 is 17.5 Å². The van der Waals surface area contributed by atoms with Crippen LogP contribution in [0, 0.1) is 0 Å². The van der Waals surface area contributed by atoms with Crippen molar-refractivity contribution in [2.24, 2.45) is 0 Å². The Labute approximate surface area is 140 Å². The molecule has 1 unspecified atom stereocenters. The van der Waals surface area contributed by atoms with Gasteiger partial charge in [0.1, 0.15) is 11.5 Å². The molecule has 2 aromatic carbocycles. The second-order valence-electron chi connectivity index (χ2n) is 5.38. The van der Waals surface area contributed by atoms with Crippen molar-refractivity contribution < 1.29 is 19.1 Å². The van der Waals surface area contributed by atoms with Crippen molar-refractivity contribution in [3.05, 3.63) is 54.1 Å². The number of hydrogen-bond acceptors (Lipinski definition) is 4. The molecule has 6 nitrogen and oxygen atoms in total. The zero-order chi connectivity index (χ0) is 17.1. The van der Waals surface area contributed by atoms with Crippen LogP contribution >= 0.6 is 0 Å². The number of hydrogen-bond donors (Lipinski definition) is 1. The Balaban J connectivity index is 1.71. The molecule has 2 aromatic rings. The van der Waals surface area contributed by atoms with Gasteiger partial charge in [0.25, 0.3) is 11.8 Å². The number of carbonyl (C=O) groups is 2. The lowest BCUT2D eigenvalue weighted by Gasteiger charge is -2.31. The molecule has 1 N–H and O–H groups in total. The van der Waals surface area contributed by atoms with E-state index in [-0.39, 0.29) is 18.4 Å². The maximum absolute atomic E-state index is 12.4. The van der Waals surface area contributed by atoms with Crippen LogP contribution in [-0.2, 0) is 4.79 Å². The normalized spacial score (nSPS) is 16.2. The third kappa shape index (κ3) is 2.90. The first-order valence-electron chi connectivity index (χ1n) is 7.56. The largest absolute Gasteiger partial charge is 0.496 e. The van der Waals surface area contributed by atoms with E-state index in [1.165, 1.54) is 7.11 Å². The highest BCUT2D eigenvalue weighted by atomic mass is 16.5. The van der Waals surface area contributed by atoms with E-state index in [4.69, 9.17) is 9.47 Å². The highest BCUT2D eigenvalue weighted by molar-refractivity contribution is 6.01. The van der Waals surface area contributed by atoms with E-state index in [1.54, 1.807) is 42.3 Å². The Morgan fingerprint density at radius 1 is 1.21 bits per heavy atom. The first-order valence-corrected chi connectivity index (χ1v) is 7.56. The third-order valence-electron chi connectivity index (χ3n) is 3.90. The fourth-order valence-electron chi connectivity index (χ4n) is 2.61. The van der Waals surface area contributed by atoms with Crippen LogP contribution in [-0.4, -0.2) is 38.6 Å². The van der Waals surface area contributed by atoms with Crippen molar-refractivity contribution in [1.29, 1.82) is 0 Å². The average Bonchev–Trinajstić information content (AvgIpc) is 2.63. The smallest absolute Gasteiger partial charge is 0.269 e. The molecule has 0 aliphatic carbocycles. The minimum absolute atomic E-state index is 0.0778. The highest BCUT2D eigenvalue weighted by Crippen LogP contribution is 2.32. The number of anilines is 1. The summed E-state index contributed by atoms with van der Waals surface area (Å²) in [5.74, 6) is 0.587. The summed E-state index contributed by atoms with van der Waals surface area (Å²) < 4.78 is 10.9. The van der Waals surface area contributed by atoms with Crippen LogP contribution in [0.25, 0.3) is 0 Å². The van der Waals surface area contributed by atoms with Crippen LogP contribution in [0.5, 0.6) is 11.5 Å². The molecular weight excluding hydrogens is 308 g/mol. The van der Waals surface area contributed by atoms with Gasteiger partial charge in [0.05, 0.1) is 24.9 Å². The summed E-state index contributed by atoms with van der Waals surface area (Å²) in [7, 11) is 3.20. The maximum Gasteiger partial charge on any atom is 0.269 e. The summed E-state index contributed by atoms with van der Waals surface area (Å²) in [4.78, 5) is 26.3. The van der Waals surface area contributed by atoms with E-state index in [0.29, 0.717) is 17.1 Å². The van der Waals surface area contributed by atoms with Gasteiger partial charge in [-0.05, 0) is 24.3 Å². The fraction of sp³-hybridized carbons (Fsp3) is 0.222. The number of ether oxygens (including phenoxy) is 2. The van der Waals surface area contributed by atoms with Gasteiger partial charge < -0.3 is 19.7 Å². The molecule has 0 bridgehead atoms. The summed E-state index contributed by atoms with van der Waals surface area (Å²) in [6.07, 6.45) is -0.761. The molecular formula is C18H18N2O4. The molecule has 0 spiro atoms. The zero-order valence-electron chi connectivity index (χ0n) is 13.5. The van der Waals surface area contributed by atoms with Crippen LogP contribution in [0.4, 0.5) is 5.69 Å². The predicted octanol–water partition coefficient (Wildman–Crippen LogP) is 1.85. The lowest BCUT2D eigenvalue weighted by molar-refractivity contribution is -0.125. The van der Waals surface area contributed by atoms with Crippen LogP contribution < -0.4 is 19.7 Å². The SMILES string of the molecule is COc1ccccc1C(=O)NCC1Oc2ccccc2N(C)C1=O. The molecule has 0 aromatic heterocycles. The Morgan fingerprint density at radius 2 is 1.92 bits per heavy atom. The Bertz CT molecular complexity index is 775. The highest BCUT2D eigenvalue weighted by Gasteiger charge is 2.32. The van der Waals surface area contributed by atoms with Gasteiger partial charge in [-0.25, -0.2) is 0 Å². The van der Waals surface area contributed by atoms with Crippen LogP contribution in [0.15, 0.2) is 48.5 Å². The summed E-state index contributed by atoms with van der Waals surface area (Å²) in [6.45, 7) is 0.0778. The fourth-order valence-corrected chi connectivity index (χ4v) is 2.61. The first-order chi connectivity index (χ1) is 11.6. The maximum atomic E-state index is 12.4.